The van der Waals surface area contributed by atoms with Crippen LogP contribution in [0.4, 0.5) is 0 Å². The van der Waals surface area contributed by atoms with Gasteiger partial charge >= 0.3 is 0 Å². The zero-order valence-corrected chi connectivity index (χ0v) is 24.7. The van der Waals surface area contributed by atoms with Crippen molar-refractivity contribution < 1.29 is 33.5 Å². The highest BCUT2D eigenvalue weighted by atomic mass is 16.7. The fraction of sp³-hybridized carbons (Fsp3) is 0.294. The van der Waals surface area contributed by atoms with Crippen LogP contribution in [0.2, 0.25) is 0 Å². The molecule has 2 atom stereocenters. The van der Waals surface area contributed by atoms with Crippen LogP contribution in [0.3, 0.4) is 0 Å². The highest BCUT2D eigenvalue weighted by Gasteiger charge is 2.35. The average molecular weight is 574 g/mol. The number of aliphatic hydroxyl groups excluding tert-OH is 1. The molecule has 0 saturated heterocycles. The Hall–Kier alpha value is -4.08. The molecule has 0 aliphatic heterocycles. The zero-order valence-electron chi connectivity index (χ0n) is 24.7. The van der Waals surface area contributed by atoms with Crippen LogP contribution in [-0.2, 0) is 22.7 Å². The summed E-state index contributed by atoms with van der Waals surface area (Å²) in [5, 5.41) is 15.4. The molecule has 222 valence electrons. The van der Waals surface area contributed by atoms with Crippen molar-refractivity contribution in [1.29, 1.82) is 0 Å². The minimum atomic E-state index is -1.24. The van der Waals surface area contributed by atoms with Crippen LogP contribution in [0.1, 0.15) is 41.3 Å². The third-order valence-corrected chi connectivity index (χ3v) is 7.08. The zero-order chi connectivity index (χ0) is 30.0. The number of hydrogen-bond donors (Lipinski definition) is 2. The van der Waals surface area contributed by atoms with Gasteiger partial charge in [0.15, 0.2) is 0 Å². The minimum absolute atomic E-state index is 0.313. The Morgan fingerprint density at radius 2 is 1.10 bits per heavy atom. The molecule has 0 amide bonds. The number of rotatable bonds is 15. The van der Waals surface area contributed by atoms with Gasteiger partial charge in [-0.25, -0.2) is 0 Å². The van der Waals surface area contributed by atoms with E-state index < -0.39 is 18.1 Å². The molecule has 0 saturated carbocycles. The Morgan fingerprint density at radius 3 is 1.55 bits per heavy atom. The van der Waals surface area contributed by atoms with Crippen LogP contribution >= 0.6 is 0 Å². The fourth-order valence-corrected chi connectivity index (χ4v) is 4.50. The topological polar surface area (TPSA) is 87.6 Å². The minimum Gasteiger partial charge on any atom is -0.497 e. The number of benzene rings is 4. The predicted octanol–water partition coefficient (Wildman–Crippen LogP) is 6.19. The van der Waals surface area contributed by atoms with E-state index in [1.165, 1.54) is 14.2 Å². The van der Waals surface area contributed by atoms with Crippen molar-refractivity contribution in [1.82, 2.24) is 5.32 Å². The molecule has 8 heteroatoms. The molecule has 0 radical (unpaired) electrons. The van der Waals surface area contributed by atoms with Crippen LogP contribution in [0.25, 0.3) is 0 Å². The summed E-state index contributed by atoms with van der Waals surface area (Å²) < 4.78 is 34.8. The van der Waals surface area contributed by atoms with Crippen molar-refractivity contribution in [2.45, 2.75) is 38.2 Å². The van der Waals surface area contributed by atoms with Gasteiger partial charge < -0.3 is 33.5 Å². The average Bonchev–Trinajstić information content (AvgIpc) is 3.05. The van der Waals surface area contributed by atoms with Gasteiger partial charge in [-0.1, -0.05) is 60.7 Å². The van der Waals surface area contributed by atoms with Gasteiger partial charge in [0, 0.05) is 44.4 Å². The van der Waals surface area contributed by atoms with Gasteiger partial charge in [0.25, 0.3) is 0 Å². The molecule has 0 heterocycles. The van der Waals surface area contributed by atoms with E-state index >= 15 is 0 Å². The number of nitrogens with one attached hydrogen (secondary N) is 1. The summed E-state index contributed by atoms with van der Waals surface area (Å²) in [5.74, 6) is 1.000. The molecule has 4 aromatic carbocycles. The lowest BCUT2D eigenvalue weighted by atomic mass is 9.93. The molecule has 0 aliphatic rings. The second-order valence-electron chi connectivity index (χ2n) is 9.78. The summed E-state index contributed by atoms with van der Waals surface area (Å²) in [5.41, 5.74) is 3.21. The first-order valence-electron chi connectivity index (χ1n) is 13.6. The molecule has 0 spiro atoms. The highest BCUT2D eigenvalue weighted by molar-refractivity contribution is 5.47. The Kier molecular flexibility index (Phi) is 10.8. The lowest BCUT2D eigenvalue weighted by Crippen LogP contribution is -2.49. The molecule has 4 aromatic rings. The monoisotopic (exact) mass is 573 g/mol. The first-order chi connectivity index (χ1) is 20.4. The van der Waals surface area contributed by atoms with Crippen molar-refractivity contribution in [3.05, 3.63) is 119 Å². The third kappa shape index (κ3) is 7.80. The number of aliphatic hydroxyl groups is 1. The van der Waals surface area contributed by atoms with E-state index in [0.717, 1.165) is 11.1 Å². The summed E-state index contributed by atoms with van der Waals surface area (Å²) in [6.07, 6.45) is -1.13. The van der Waals surface area contributed by atoms with E-state index in [0.29, 0.717) is 47.3 Å². The van der Waals surface area contributed by atoms with Gasteiger partial charge in [0.2, 0.25) is 5.91 Å². The van der Waals surface area contributed by atoms with Crippen molar-refractivity contribution in [2.24, 2.45) is 0 Å². The number of ether oxygens (including phenoxy) is 6. The van der Waals surface area contributed by atoms with Crippen LogP contribution in [-0.4, -0.2) is 39.5 Å². The van der Waals surface area contributed by atoms with Gasteiger partial charge in [0.05, 0.1) is 20.3 Å². The summed E-state index contributed by atoms with van der Waals surface area (Å²) >= 11 is 0. The van der Waals surface area contributed by atoms with Crippen LogP contribution < -0.4 is 24.3 Å². The highest BCUT2D eigenvalue weighted by Crippen LogP contribution is 2.42. The first kappa shape index (κ1) is 30.9. The largest absolute Gasteiger partial charge is 0.497 e. The Bertz CT molecular complexity index is 1390. The third-order valence-electron chi connectivity index (χ3n) is 7.08. The van der Waals surface area contributed by atoms with E-state index in [1.807, 2.05) is 72.8 Å². The van der Waals surface area contributed by atoms with Gasteiger partial charge in [0.1, 0.15) is 42.3 Å². The van der Waals surface area contributed by atoms with Gasteiger partial charge in [-0.2, -0.15) is 0 Å². The maximum atomic E-state index is 12.1. The van der Waals surface area contributed by atoms with Crippen LogP contribution in [0.5, 0.6) is 23.0 Å². The smallest absolute Gasteiger partial charge is 0.224 e. The maximum absolute atomic E-state index is 12.1. The molecule has 0 aliphatic carbocycles. The van der Waals surface area contributed by atoms with Crippen molar-refractivity contribution in [3.8, 4) is 23.0 Å². The molecule has 42 heavy (non-hydrogen) atoms. The van der Waals surface area contributed by atoms with Crippen molar-refractivity contribution in [2.75, 3.05) is 28.4 Å². The van der Waals surface area contributed by atoms with Crippen LogP contribution in [0.15, 0.2) is 97.1 Å². The number of methoxy groups -OCH3 is 4. The lowest BCUT2D eigenvalue weighted by molar-refractivity contribution is -0.224. The molecule has 0 fully saturated rings. The van der Waals surface area contributed by atoms with Crippen molar-refractivity contribution in [3.63, 3.8) is 0 Å². The Labute approximate surface area is 247 Å². The SMILES string of the molecule is COc1ccc([C@@H](NC(C)(OC)OC)[C@@H](O)c2ccc(OC)cc2OCc2ccccc2)c(OCc2ccccc2)c1. The Balaban J connectivity index is 1.76. The molecule has 8 nitrogen and oxygen atoms in total. The predicted molar refractivity (Wildman–Crippen MR) is 161 cm³/mol. The fourth-order valence-electron chi connectivity index (χ4n) is 4.50. The molecule has 4 rings (SSSR count). The second kappa shape index (κ2) is 14.7. The van der Waals surface area contributed by atoms with E-state index in [-0.39, 0.29) is 0 Å². The van der Waals surface area contributed by atoms with Crippen molar-refractivity contribution >= 4 is 0 Å². The van der Waals surface area contributed by atoms with Gasteiger partial charge in [-0.3, -0.25) is 5.32 Å². The number of hydrogen-bond acceptors (Lipinski definition) is 8. The molecular weight excluding hydrogens is 534 g/mol. The normalized spacial score (nSPS) is 12.8. The van der Waals surface area contributed by atoms with E-state index in [4.69, 9.17) is 28.4 Å². The Morgan fingerprint density at radius 1 is 0.643 bits per heavy atom. The van der Waals surface area contributed by atoms with Gasteiger partial charge in [-0.15, -0.1) is 0 Å². The van der Waals surface area contributed by atoms with E-state index in [1.54, 1.807) is 45.4 Å². The standard InChI is InChI=1S/C34H39NO7/c1-34(39-4,40-5)35-32(28-18-16-26(37-2)20-30(28)41-22-24-12-8-6-9-13-24)33(36)29-19-17-27(38-3)21-31(29)42-23-25-14-10-7-11-15-25/h6-21,32-33,35-36H,22-23H2,1-5H3/t32-,33+/m1/s1. The molecule has 2 N–H and O–H groups in total. The van der Waals surface area contributed by atoms with Gasteiger partial charge in [-0.05, 0) is 35.4 Å². The van der Waals surface area contributed by atoms with E-state index in [2.05, 4.69) is 5.32 Å². The van der Waals surface area contributed by atoms with E-state index in [9.17, 15) is 5.11 Å². The molecular formula is C34H39NO7. The summed E-state index contributed by atoms with van der Waals surface area (Å²) in [4.78, 5) is 0. The lowest BCUT2D eigenvalue weighted by Gasteiger charge is -2.36. The summed E-state index contributed by atoms with van der Waals surface area (Å²) in [6, 6.07) is 29.8. The quantitative estimate of drug-likeness (QED) is 0.163. The molecule has 0 unspecified atom stereocenters. The first-order valence-corrected chi connectivity index (χ1v) is 13.6. The van der Waals surface area contributed by atoms with Crippen LogP contribution in [0, 0.1) is 0 Å². The summed E-state index contributed by atoms with van der Waals surface area (Å²) in [7, 11) is 6.25. The second-order valence-corrected chi connectivity index (χ2v) is 9.78. The molecule has 0 aromatic heterocycles. The summed E-state index contributed by atoms with van der Waals surface area (Å²) in [6.45, 7) is 2.37. The maximum Gasteiger partial charge on any atom is 0.224 e. The molecule has 0 bridgehead atoms.